The zero-order valence-corrected chi connectivity index (χ0v) is 14.8. The van der Waals surface area contributed by atoms with E-state index in [4.69, 9.17) is 5.10 Å². The van der Waals surface area contributed by atoms with E-state index in [9.17, 15) is 8.42 Å². The standard InChI is InChI=1S/C16H23N5O2S/c1-2-24(22,23)20-11-9-19(10-12-20)16-15-13-5-3-4-6-14(13)18-21(15)8-7-17-16/h7-8H,2-6,9-12H2,1H3. The Hall–Kier alpha value is -1.67. The Morgan fingerprint density at radius 2 is 1.88 bits per heavy atom. The molecule has 3 heterocycles. The summed E-state index contributed by atoms with van der Waals surface area (Å²) >= 11 is 0. The fourth-order valence-electron chi connectivity index (χ4n) is 3.74. The van der Waals surface area contributed by atoms with Crippen molar-refractivity contribution in [2.45, 2.75) is 32.6 Å². The molecule has 130 valence electrons. The molecule has 0 amide bonds. The topological polar surface area (TPSA) is 70.8 Å². The van der Waals surface area contributed by atoms with E-state index in [1.54, 1.807) is 17.4 Å². The maximum absolute atomic E-state index is 12.0. The van der Waals surface area contributed by atoms with Crippen LogP contribution in [0.1, 0.15) is 31.0 Å². The monoisotopic (exact) mass is 349 g/mol. The first-order valence-electron chi connectivity index (χ1n) is 8.68. The van der Waals surface area contributed by atoms with Gasteiger partial charge in [-0.05, 0) is 32.6 Å². The lowest BCUT2D eigenvalue weighted by Crippen LogP contribution is -2.49. The largest absolute Gasteiger partial charge is 0.352 e. The van der Waals surface area contributed by atoms with E-state index in [1.807, 2.05) is 10.7 Å². The lowest BCUT2D eigenvalue weighted by molar-refractivity contribution is 0.384. The fraction of sp³-hybridized carbons (Fsp3) is 0.625. The van der Waals surface area contributed by atoms with E-state index in [1.165, 1.54) is 24.1 Å². The zero-order chi connectivity index (χ0) is 16.7. The van der Waals surface area contributed by atoms with Gasteiger partial charge in [0.15, 0.2) is 5.82 Å². The molecule has 2 aliphatic rings. The molecule has 0 bridgehead atoms. The molecule has 7 nitrogen and oxygen atoms in total. The van der Waals surface area contributed by atoms with Crippen molar-refractivity contribution in [1.82, 2.24) is 18.9 Å². The van der Waals surface area contributed by atoms with E-state index in [0.717, 1.165) is 24.2 Å². The van der Waals surface area contributed by atoms with Crippen LogP contribution in [0.5, 0.6) is 0 Å². The molecule has 1 aliphatic heterocycles. The Morgan fingerprint density at radius 3 is 2.62 bits per heavy atom. The van der Waals surface area contributed by atoms with Gasteiger partial charge >= 0.3 is 0 Å². The Kier molecular flexibility index (Phi) is 3.96. The van der Waals surface area contributed by atoms with Gasteiger partial charge in [0.2, 0.25) is 10.0 Å². The van der Waals surface area contributed by atoms with Gasteiger partial charge in [-0.25, -0.2) is 17.9 Å². The highest BCUT2D eigenvalue weighted by atomic mass is 32.2. The highest BCUT2D eigenvalue weighted by Crippen LogP contribution is 2.30. The van der Waals surface area contributed by atoms with E-state index in [0.29, 0.717) is 26.2 Å². The quantitative estimate of drug-likeness (QED) is 0.829. The van der Waals surface area contributed by atoms with Crippen LogP contribution in [0.4, 0.5) is 5.82 Å². The number of fused-ring (bicyclic) bond motifs is 3. The minimum absolute atomic E-state index is 0.164. The van der Waals surface area contributed by atoms with Crippen molar-refractivity contribution in [3.05, 3.63) is 23.7 Å². The van der Waals surface area contributed by atoms with Crippen LogP contribution >= 0.6 is 0 Å². The van der Waals surface area contributed by atoms with Gasteiger partial charge in [-0.15, -0.1) is 0 Å². The average molecular weight is 349 g/mol. The number of hydrogen-bond donors (Lipinski definition) is 0. The predicted molar refractivity (Wildman–Crippen MR) is 92.9 cm³/mol. The van der Waals surface area contributed by atoms with Gasteiger partial charge in [-0.1, -0.05) is 0 Å². The SMILES string of the molecule is CCS(=O)(=O)N1CCN(c2nccn3nc4c(c23)CCCC4)CC1. The van der Waals surface area contributed by atoms with Crippen molar-refractivity contribution in [3.63, 3.8) is 0 Å². The summed E-state index contributed by atoms with van der Waals surface area (Å²) in [7, 11) is -3.10. The van der Waals surface area contributed by atoms with Crippen LogP contribution in [0, 0.1) is 0 Å². The summed E-state index contributed by atoms with van der Waals surface area (Å²) in [5, 5.41) is 4.72. The van der Waals surface area contributed by atoms with Gasteiger partial charge in [0.05, 0.1) is 11.4 Å². The third-order valence-corrected chi connectivity index (χ3v) is 6.98. The number of rotatable bonds is 3. The summed E-state index contributed by atoms with van der Waals surface area (Å²) in [6.07, 6.45) is 8.20. The molecule has 2 aromatic heterocycles. The smallest absolute Gasteiger partial charge is 0.213 e. The van der Waals surface area contributed by atoms with Crippen molar-refractivity contribution < 1.29 is 8.42 Å². The van der Waals surface area contributed by atoms with Crippen LogP contribution in [0.25, 0.3) is 5.52 Å². The molecule has 1 aliphatic carbocycles. The molecule has 1 fully saturated rings. The van der Waals surface area contributed by atoms with Crippen molar-refractivity contribution >= 4 is 21.4 Å². The third-order valence-electron chi connectivity index (χ3n) is 5.09. The molecular weight excluding hydrogens is 326 g/mol. The highest BCUT2D eigenvalue weighted by molar-refractivity contribution is 7.89. The fourth-order valence-corrected chi connectivity index (χ4v) is 4.82. The molecule has 8 heteroatoms. The van der Waals surface area contributed by atoms with Crippen molar-refractivity contribution in [2.75, 3.05) is 36.8 Å². The molecule has 24 heavy (non-hydrogen) atoms. The number of aryl methyl sites for hydroxylation is 2. The number of sulfonamides is 1. The minimum atomic E-state index is -3.10. The lowest BCUT2D eigenvalue weighted by atomic mass is 9.97. The second-order valence-electron chi connectivity index (χ2n) is 6.46. The van der Waals surface area contributed by atoms with E-state index in [-0.39, 0.29) is 5.75 Å². The van der Waals surface area contributed by atoms with Gasteiger partial charge < -0.3 is 4.90 Å². The van der Waals surface area contributed by atoms with Gasteiger partial charge in [0.1, 0.15) is 5.52 Å². The van der Waals surface area contributed by atoms with Crippen LogP contribution < -0.4 is 4.90 Å². The molecule has 0 unspecified atom stereocenters. The van der Waals surface area contributed by atoms with Crippen LogP contribution in [0.2, 0.25) is 0 Å². The maximum atomic E-state index is 12.0. The Bertz CT molecular complexity index is 853. The number of aromatic nitrogens is 3. The molecule has 0 saturated carbocycles. The number of piperazine rings is 1. The first kappa shape index (κ1) is 15.8. The average Bonchev–Trinajstić information content (AvgIpc) is 3.00. The van der Waals surface area contributed by atoms with Crippen LogP contribution in [0.3, 0.4) is 0 Å². The second-order valence-corrected chi connectivity index (χ2v) is 8.72. The first-order valence-corrected chi connectivity index (χ1v) is 10.3. The van der Waals surface area contributed by atoms with Gasteiger partial charge in [0, 0.05) is 44.1 Å². The van der Waals surface area contributed by atoms with Crippen LogP contribution in [-0.2, 0) is 22.9 Å². The lowest BCUT2D eigenvalue weighted by Gasteiger charge is -2.34. The third kappa shape index (κ3) is 2.57. The molecular formula is C16H23N5O2S. The number of nitrogens with zero attached hydrogens (tertiary/aromatic N) is 5. The zero-order valence-electron chi connectivity index (χ0n) is 14.0. The first-order chi connectivity index (χ1) is 11.6. The summed E-state index contributed by atoms with van der Waals surface area (Å²) in [4.78, 5) is 6.82. The molecule has 1 saturated heterocycles. The second kappa shape index (κ2) is 6.00. The maximum Gasteiger partial charge on any atom is 0.213 e. The van der Waals surface area contributed by atoms with Gasteiger partial charge in [-0.2, -0.15) is 9.40 Å². The summed E-state index contributed by atoms with van der Waals surface area (Å²) < 4.78 is 27.6. The van der Waals surface area contributed by atoms with Crippen molar-refractivity contribution in [3.8, 4) is 0 Å². The normalized spacial score (nSPS) is 19.6. The Morgan fingerprint density at radius 1 is 1.12 bits per heavy atom. The van der Waals surface area contributed by atoms with E-state index >= 15 is 0 Å². The summed E-state index contributed by atoms with van der Waals surface area (Å²) in [5.41, 5.74) is 3.63. The van der Waals surface area contributed by atoms with Gasteiger partial charge in [0.25, 0.3) is 0 Å². The number of anilines is 1. The molecule has 0 spiro atoms. The minimum Gasteiger partial charge on any atom is -0.352 e. The predicted octanol–water partition coefficient (Wildman–Crippen LogP) is 1.08. The molecule has 4 rings (SSSR count). The summed E-state index contributed by atoms with van der Waals surface area (Å²) in [6, 6.07) is 0. The van der Waals surface area contributed by atoms with Crippen molar-refractivity contribution in [2.24, 2.45) is 0 Å². The van der Waals surface area contributed by atoms with E-state index < -0.39 is 10.0 Å². The Labute approximate surface area is 142 Å². The molecule has 0 aromatic carbocycles. The number of hydrogen-bond acceptors (Lipinski definition) is 5. The molecule has 2 aromatic rings. The molecule has 0 N–H and O–H groups in total. The van der Waals surface area contributed by atoms with Crippen LogP contribution in [-0.4, -0.2) is 59.3 Å². The summed E-state index contributed by atoms with van der Waals surface area (Å²) in [6.45, 7) is 4.09. The van der Waals surface area contributed by atoms with Crippen molar-refractivity contribution in [1.29, 1.82) is 0 Å². The Balaban J connectivity index is 1.65. The highest BCUT2D eigenvalue weighted by Gasteiger charge is 2.28. The molecule has 0 radical (unpaired) electrons. The van der Waals surface area contributed by atoms with E-state index in [2.05, 4.69) is 9.88 Å². The van der Waals surface area contributed by atoms with Gasteiger partial charge in [-0.3, -0.25) is 0 Å². The molecule has 0 atom stereocenters. The van der Waals surface area contributed by atoms with Crippen LogP contribution in [0.15, 0.2) is 12.4 Å². The summed E-state index contributed by atoms with van der Waals surface area (Å²) in [5.74, 6) is 1.11.